The number of carbonyl (C=O) groups excluding carboxylic acids is 1. The summed E-state index contributed by atoms with van der Waals surface area (Å²) in [6.07, 6.45) is 0. The molecule has 0 heterocycles. The number of para-hydroxylation sites is 1. The Morgan fingerprint density at radius 1 is 0.943 bits per heavy atom. The average Bonchev–Trinajstić information content (AvgIpc) is 2.84. The molecule has 0 aliphatic heterocycles. The van der Waals surface area contributed by atoms with E-state index in [4.69, 9.17) is 9.47 Å². The Balaban J connectivity index is 1.96. The molecule has 3 aromatic carbocycles. The molecule has 186 valence electrons. The molecule has 3 rings (SSSR count). The van der Waals surface area contributed by atoms with Crippen LogP contribution >= 0.6 is 0 Å². The van der Waals surface area contributed by atoms with Gasteiger partial charge in [-0.05, 0) is 41.7 Å². The first kappa shape index (κ1) is 26.2. The Morgan fingerprint density at radius 3 is 2.26 bits per heavy atom. The molecule has 1 amide bonds. The number of carbonyl (C=O) groups is 1. The molecule has 0 radical (unpaired) electrons. The van der Waals surface area contributed by atoms with Crippen molar-refractivity contribution in [1.29, 1.82) is 0 Å². The summed E-state index contributed by atoms with van der Waals surface area (Å²) in [5, 5.41) is 2.95. The largest absolute Gasteiger partial charge is 0.493 e. The minimum Gasteiger partial charge on any atom is -0.493 e. The van der Waals surface area contributed by atoms with Crippen LogP contribution in [0.1, 0.15) is 36.5 Å². The van der Waals surface area contributed by atoms with Crippen LogP contribution in [0.15, 0.2) is 71.6 Å². The van der Waals surface area contributed by atoms with E-state index in [1.807, 2.05) is 69.3 Å². The van der Waals surface area contributed by atoms with Gasteiger partial charge in [-0.15, -0.1) is 0 Å². The number of amides is 1. The van der Waals surface area contributed by atoms with Gasteiger partial charge in [0.15, 0.2) is 11.5 Å². The zero-order valence-electron chi connectivity index (χ0n) is 20.7. The van der Waals surface area contributed by atoms with Crippen LogP contribution in [0.4, 0.5) is 5.69 Å². The maximum absolute atomic E-state index is 13.7. The summed E-state index contributed by atoms with van der Waals surface area (Å²) in [6.45, 7) is 5.71. The molecule has 0 atom stereocenters. The summed E-state index contributed by atoms with van der Waals surface area (Å²) >= 11 is 0. The van der Waals surface area contributed by atoms with Crippen molar-refractivity contribution in [2.45, 2.75) is 38.1 Å². The number of methoxy groups -OCH3 is 2. The second-order valence-corrected chi connectivity index (χ2v) is 10.5. The van der Waals surface area contributed by atoms with Gasteiger partial charge >= 0.3 is 0 Å². The van der Waals surface area contributed by atoms with E-state index < -0.39 is 15.9 Å². The van der Waals surface area contributed by atoms with E-state index >= 15 is 0 Å². The molecular formula is C27H32N2O5S. The highest BCUT2D eigenvalue weighted by Crippen LogP contribution is 2.31. The fraction of sp³-hybridized carbons (Fsp3) is 0.296. The molecule has 0 aliphatic carbocycles. The van der Waals surface area contributed by atoms with Crippen LogP contribution in [0, 0.1) is 6.92 Å². The normalized spacial score (nSPS) is 11.5. The number of rotatable bonds is 10. The van der Waals surface area contributed by atoms with E-state index in [9.17, 15) is 13.2 Å². The quantitative estimate of drug-likeness (QED) is 0.429. The SMILES string of the molecule is COc1ccc(S(=O)(=O)N(CC(=O)Nc2c(C)cccc2C(C)C)Cc2ccccc2)cc1OC. The van der Waals surface area contributed by atoms with Crippen molar-refractivity contribution in [1.82, 2.24) is 4.31 Å². The van der Waals surface area contributed by atoms with Crippen LogP contribution in [0.5, 0.6) is 11.5 Å². The number of benzene rings is 3. The standard InChI is InChI=1S/C27H32N2O5S/c1-19(2)23-13-9-10-20(3)27(23)28-26(30)18-29(17-21-11-7-6-8-12-21)35(31,32)22-14-15-24(33-4)25(16-22)34-5/h6-16,19H,17-18H2,1-5H3,(H,28,30). The zero-order valence-corrected chi connectivity index (χ0v) is 21.6. The summed E-state index contributed by atoms with van der Waals surface area (Å²) < 4.78 is 39.1. The topological polar surface area (TPSA) is 84.9 Å². The lowest BCUT2D eigenvalue weighted by molar-refractivity contribution is -0.116. The summed E-state index contributed by atoms with van der Waals surface area (Å²) in [6, 6.07) is 19.4. The van der Waals surface area contributed by atoms with Crippen molar-refractivity contribution in [3.63, 3.8) is 0 Å². The third-order valence-corrected chi connectivity index (χ3v) is 7.49. The smallest absolute Gasteiger partial charge is 0.243 e. The molecule has 0 spiro atoms. The van der Waals surface area contributed by atoms with Gasteiger partial charge in [-0.1, -0.05) is 62.4 Å². The van der Waals surface area contributed by atoms with Crippen LogP contribution in [0.25, 0.3) is 0 Å². The Bertz CT molecular complexity index is 1270. The first-order valence-electron chi connectivity index (χ1n) is 11.3. The number of anilines is 1. The molecule has 3 aromatic rings. The minimum absolute atomic E-state index is 0.0117. The number of ether oxygens (including phenoxy) is 2. The zero-order chi connectivity index (χ0) is 25.6. The van der Waals surface area contributed by atoms with Gasteiger partial charge in [-0.25, -0.2) is 8.42 Å². The van der Waals surface area contributed by atoms with Crippen LogP contribution in [-0.2, 0) is 21.4 Å². The molecule has 35 heavy (non-hydrogen) atoms. The number of nitrogens with one attached hydrogen (secondary N) is 1. The maximum Gasteiger partial charge on any atom is 0.243 e. The lowest BCUT2D eigenvalue weighted by Crippen LogP contribution is -2.37. The van der Waals surface area contributed by atoms with Crippen molar-refractivity contribution in [2.75, 3.05) is 26.1 Å². The van der Waals surface area contributed by atoms with Gasteiger partial charge in [0.25, 0.3) is 0 Å². The second kappa shape index (κ2) is 11.4. The molecule has 7 nitrogen and oxygen atoms in total. The average molecular weight is 497 g/mol. The lowest BCUT2D eigenvalue weighted by Gasteiger charge is -2.23. The van der Waals surface area contributed by atoms with Gasteiger partial charge in [-0.3, -0.25) is 4.79 Å². The first-order valence-corrected chi connectivity index (χ1v) is 12.8. The van der Waals surface area contributed by atoms with Crippen LogP contribution in [0.3, 0.4) is 0 Å². The lowest BCUT2D eigenvalue weighted by atomic mass is 9.98. The van der Waals surface area contributed by atoms with E-state index in [0.717, 1.165) is 22.4 Å². The van der Waals surface area contributed by atoms with Crippen molar-refractivity contribution in [3.05, 3.63) is 83.4 Å². The molecule has 0 bridgehead atoms. The fourth-order valence-corrected chi connectivity index (χ4v) is 5.22. The first-order chi connectivity index (χ1) is 16.7. The minimum atomic E-state index is -4.04. The highest BCUT2D eigenvalue weighted by molar-refractivity contribution is 7.89. The van der Waals surface area contributed by atoms with E-state index in [1.165, 1.54) is 36.7 Å². The maximum atomic E-state index is 13.7. The molecule has 0 unspecified atom stereocenters. The van der Waals surface area contributed by atoms with Gasteiger partial charge in [0.05, 0.1) is 25.7 Å². The predicted molar refractivity (Wildman–Crippen MR) is 137 cm³/mol. The monoisotopic (exact) mass is 496 g/mol. The Morgan fingerprint density at radius 2 is 1.63 bits per heavy atom. The Labute approximate surface area is 207 Å². The number of nitrogens with zero attached hydrogens (tertiary/aromatic N) is 1. The van der Waals surface area contributed by atoms with E-state index in [0.29, 0.717) is 11.5 Å². The molecular weight excluding hydrogens is 464 g/mol. The molecule has 0 aromatic heterocycles. The molecule has 0 saturated carbocycles. The van der Waals surface area contributed by atoms with Crippen molar-refractivity contribution >= 4 is 21.6 Å². The number of sulfonamides is 1. The fourth-order valence-electron chi connectivity index (χ4n) is 3.82. The van der Waals surface area contributed by atoms with Crippen molar-refractivity contribution < 1.29 is 22.7 Å². The van der Waals surface area contributed by atoms with E-state index in [1.54, 1.807) is 0 Å². The Kier molecular flexibility index (Phi) is 8.53. The molecule has 0 saturated heterocycles. The number of aryl methyl sites for hydroxylation is 1. The molecule has 1 N–H and O–H groups in total. The van der Waals surface area contributed by atoms with Gasteiger partial charge < -0.3 is 14.8 Å². The van der Waals surface area contributed by atoms with Gasteiger partial charge in [0, 0.05) is 18.3 Å². The second-order valence-electron chi connectivity index (χ2n) is 8.52. The van der Waals surface area contributed by atoms with Gasteiger partial charge in [0.1, 0.15) is 0 Å². The summed E-state index contributed by atoms with van der Waals surface area (Å²) in [4.78, 5) is 13.2. The molecule has 0 fully saturated rings. The molecule has 0 aliphatic rings. The summed E-state index contributed by atoms with van der Waals surface area (Å²) in [5.74, 6) is 0.487. The highest BCUT2D eigenvalue weighted by Gasteiger charge is 2.28. The van der Waals surface area contributed by atoms with Gasteiger partial charge in [0.2, 0.25) is 15.9 Å². The Hall–Kier alpha value is -3.36. The van der Waals surface area contributed by atoms with E-state index in [2.05, 4.69) is 5.32 Å². The third-order valence-electron chi connectivity index (χ3n) is 5.71. The summed E-state index contributed by atoms with van der Waals surface area (Å²) in [5.41, 5.74) is 3.40. The predicted octanol–water partition coefficient (Wildman–Crippen LogP) is 4.97. The third kappa shape index (κ3) is 6.21. The highest BCUT2D eigenvalue weighted by atomic mass is 32.2. The van der Waals surface area contributed by atoms with Crippen LogP contribution in [-0.4, -0.2) is 39.4 Å². The number of hydrogen-bond acceptors (Lipinski definition) is 5. The van der Waals surface area contributed by atoms with Crippen molar-refractivity contribution in [3.8, 4) is 11.5 Å². The molecule has 8 heteroatoms. The van der Waals surface area contributed by atoms with Gasteiger partial charge in [-0.2, -0.15) is 4.31 Å². The van der Waals surface area contributed by atoms with Crippen molar-refractivity contribution in [2.24, 2.45) is 0 Å². The number of hydrogen-bond donors (Lipinski definition) is 1. The van der Waals surface area contributed by atoms with Crippen LogP contribution < -0.4 is 14.8 Å². The van der Waals surface area contributed by atoms with Crippen LogP contribution in [0.2, 0.25) is 0 Å². The summed E-state index contributed by atoms with van der Waals surface area (Å²) in [7, 11) is -1.12. The van der Waals surface area contributed by atoms with E-state index in [-0.39, 0.29) is 23.9 Å².